The van der Waals surface area contributed by atoms with Crippen LogP contribution in [0.3, 0.4) is 0 Å². The Hall–Kier alpha value is -3.85. The van der Waals surface area contributed by atoms with Crippen molar-refractivity contribution < 1.29 is 17.9 Å². The molecule has 0 atom stereocenters. The SMILES string of the molecule is COc1ccccc1C(=O)N(Cc1ccccc1)S(=O)(=O)c1ccc2c(c1)n(C)c(=O)n2C. The van der Waals surface area contributed by atoms with Crippen LogP contribution in [0.15, 0.2) is 82.5 Å². The van der Waals surface area contributed by atoms with Crippen LogP contribution in [0.5, 0.6) is 5.75 Å². The summed E-state index contributed by atoms with van der Waals surface area (Å²) in [6.07, 6.45) is 0. The van der Waals surface area contributed by atoms with E-state index in [0.717, 1.165) is 4.31 Å². The molecular weight excluding hydrogens is 442 g/mol. The number of carbonyl (C=O) groups excluding carboxylic acids is 1. The highest BCUT2D eigenvalue weighted by atomic mass is 32.2. The first kappa shape index (κ1) is 22.3. The number of sulfonamides is 1. The summed E-state index contributed by atoms with van der Waals surface area (Å²) < 4.78 is 36.5. The summed E-state index contributed by atoms with van der Waals surface area (Å²) in [4.78, 5) is 25.7. The van der Waals surface area contributed by atoms with Gasteiger partial charge in [0.15, 0.2) is 0 Å². The van der Waals surface area contributed by atoms with Crippen molar-refractivity contribution in [2.75, 3.05) is 7.11 Å². The normalized spacial score (nSPS) is 11.5. The minimum absolute atomic E-state index is 0.0876. The van der Waals surface area contributed by atoms with E-state index in [-0.39, 0.29) is 28.4 Å². The largest absolute Gasteiger partial charge is 0.496 e. The number of fused-ring (bicyclic) bond motifs is 1. The Morgan fingerprint density at radius 1 is 0.909 bits per heavy atom. The molecule has 170 valence electrons. The van der Waals surface area contributed by atoms with Gasteiger partial charge in [0, 0.05) is 14.1 Å². The van der Waals surface area contributed by atoms with E-state index in [0.29, 0.717) is 16.6 Å². The maximum atomic E-state index is 13.8. The van der Waals surface area contributed by atoms with Gasteiger partial charge < -0.3 is 4.74 Å². The first-order chi connectivity index (χ1) is 15.8. The zero-order valence-electron chi connectivity index (χ0n) is 18.4. The Morgan fingerprint density at radius 3 is 2.24 bits per heavy atom. The first-order valence-corrected chi connectivity index (χ1v) is 11.6. The van der Waals surface area contributed by atoms with Crippen molar-refractivity contribution in [2.24, 2.45) is 14.1 Å². The van der Waals surface area contributed by atoms with E-state index in [2.05, 4.69) is 0 Å². The molecule has 0 spiro atoms. The number of hydrogen-bond donors (Lipinski definition) is 0. The Morgan fingerprint density at radius 2 is 1.55 bits per heavy atom. The lowest BCUT2D eigenvalue weighted by Gasteiger charge is -2.23. The van der Waals surface area contributed by atoms with E-state index < -0.39 is 15.9 Å². The number of hydrogen-bond acceptors (Lipinski definition) is 5. The molecule has 1 heterocycles. The fraction of sp³-hybridized carbons (Fsp3) is 0.167. The molecule has 0 bridgehead atoms. The molecule has 0 aliphatic rings. The Kier molecular flexibility index (Phi) is 5.82. The molecule has 8 nitrogen and oxygen atoms in total. The third kappa shape index (κ3) is 3.91. The molecule has 3 aromatic carbocycles. The lowest BCUT2D eigenvalue weighted by molar-refractivity contribution is 0.0851. The molecule has 0 fully saturated rings. The zero-order valence-corrected chi connectivity index (χ0v) is 19.2. The van der Waals surface area contributed by atoms with Crippen LogP contribution in [0.25, 0.3) is 11.0 Å². The van der Waals surface area contributed by atoms with Crippen molar-refractivity contribution in [1.29, 1.82) is 0 Å². The van der Waals surface area contributed by atoms with Gasteiger partial charge in [0.05, 0.1) is 35.1 Å². The minimum Gasteiger partial charge on any atom is -0.496 e. The lowest BCUT2D eigenvalue weighted by atomic mass is 10.1. The summed E-state index contributed by atoms with van der Waals surface area (Å²) in [6, 6.07) is 19.7. The van der Waals surface area contributed by atoms with E-state index in [9.17, 15) is 18.0 Å². The number of rotatable bonds is 6. The second-order valence-corrected chi connectivity index (χ2v) is 9.42. The third-order valence-corrected chi connectivity index (χ3v) is 7.29. The maximum absolute atomic E-state index is 13.8. The number of amides is 1. The molecule has 9 heteroatoms. The summed E-state index contributed by atoms with van der Waals surface area (Å²) in [5, 5.41) is 0. The number of nitrogens with zero attached hydrogens (tertiary/aromatic N) is 3. The van der Waals surface area contributed by atoms with Crippen LogP contribution in [-0.2, 0) is 30.7 Å². The van der Waals surface area contributed by atoms with Gasteiger partial charge in [-0.3, -0.25) is 13.9 Å². The second-order valence-electron chi connectivity index (χ2n) is 7.55. The highest BCUT2D eigenvalue weighted by Crippen LogP contribution is 2.27. The van der Waals surface area contributed by atoms with Crippen molar-refractivity contribution in [3.63, 3.8) is 0 Å². The van der Waals surface area contributed by atoms with E-state index in [1.807, 2.05) is 6.07 Å². The van der Waals surface area contributed by atoms with Crippen molar-refractivity contribution in [3.8, 4) is 5.75 Å². The van der Waals surface area contributed by atoms with Gasteiger partial charge in [0.1, 0.15) is 5.75 Å². The number of methoxy groups -OCH3 is 1. The minimum atomic E-state index is -4.28. The predicted octanol–water partition coefficient (Wildman–Crippen LogP) is 2.92. The van der Waals surface area contributed by atoms with Crippen LogP contribution in [-0.4, -0.2) is 34.9 Å². The van der Waals surface area contributed by atoms with E-state index in [1.54, 1.807) is 62.6 Å². The van der Waals surface area contributed by atoms with Crippen LogP contribution in [0, 0.1) is 0 Å². The molecule has 1 aromatic heterocycles. The van der Waals surface area contributed by atoms with Gasteiger partial charge in [-0.25, -0.2) is 17.5 Å². The van der Waals surface area contributed by atoms with Gasteiger partial charge in [-0.05, 0) is 35.9 Å². The molecule has 0 N–H and O–H groups in total. The number of aromatic nitrogens is 2. The number of para-hydroxylation sites is 1. The molecule has 0 saturated heterocycles. The molecule has 4 rings (SSSR count). The highest BCUT2D eigenvalue weighted by Gasteiger charge is 2.32. The molecule has 4 aromatic rings. The monoisotopic (exact) mass is 465 g/mol. The number of ether oxygens (including phenoxy) is 1. The average molecular weight is 466 g/mol. The molecule has 0 saturated carbocycles. The van der Waals surface area contributed by atoms with Gasteiger partial charge in [-0.2, -0.15) is 0 Å². The van der Waals surface area contributed by atoms with Gasteiger partial charge in [-0.1, -0.05) is 42.5 Å². The quantitative estimate of drug-likeness (QED) is 0.437. The summed E-state index contributed by atoms with van der Waals surface area (Å²) in [5.74, 6) is -0.435. The summed E-state index contributed by atoms with van der Waals surface area (Å²) in [7, 11) is 0.332. The molecule has 0 aliphatic heterocycles. The van der Waals surface area contributed by atoms with E-state index in [1.165, 1.54) is 34.4 Å². The van der Waals surface area contributed by atoms with Gasteiger partial charge in [0.25, 0.3) is 15.9 Å². The van der Waals surface area contributed by atoms with Gasteiger partial charge in [-0.15, -0.1) is 0 Å². The third-order valence-electron chi connectivity index (χ3n) is 5.56. The lowest BCUT2D eigenvalue weighted by Crippen LogP contribution is -2.36. The van der Waals surface area contributed by atoms with Crippen LogP contribution < -0.4 is 10.4 Å². The van der Waals surface area contributed by atoms with Crippen molar-refractivity contribution in [2.45, 2.75) is 11.4 Å². The molecule has 0 radical (unpaired) electrons. The topological polar surface area (TPSA) is 90.6 Å². The number of imidazole rings is 1. The number of carbonyl (C=O) groups is 1. The smallest absolute Gasteiger partial charge is 0.328 e. The van der Waals surface area contributed by atoms with Crippen molar-refractivity contribution >= 4 is 27.0 Å². The fourth-order valence-corrected chi connectivity index (χ4v) is 5.14. The molecule has 0 unspecified atom stereocenters. The Balaban J connectivity index is 1.87. The molecule has 0 aliphatic carbocycles. The average Bonchev–Trinajstić information content (AvgIpc) is 3.06. The fourth-order valence-electron chi connectivity index (χ4n) is 3.75. The maximum Gasteiger partial charge on any atom is 0.328 e. The Labute approximate surface area is 191 Å². The first-order valence-electron chi connectivity index (χ1n) is 10.1. The number of aryl methyl sites for hydroxylation is 2. The van der Waals surface area contributed by atoms with Gasteiger partial charge in [0.2, 0.25) is 0 Å². The summed E-state index contributed by atoms with van der Waals surface area (Å²) in [5.41, 5.74) is 1.55. The van der Waals surface area contributed by atoms with Crippen LogP contribution >= 0.6 is 0 Å². The van der Waals surface area contributed by atoms with Crippen molar-refractivity contribution in [1.82, 2.24) is 13.4 Å². The van der Waals surface area contributed by atoms with E-state index in [4.69, 9.17) is 4.74 Å². The van der Waals surface area contributed by atoms with Crippen LogP contribution in [0.4, 0.5) is 0 Å². The Bertz CT molecular complexity index is 1500. The second kappa shape index (κ2) is 8.59. The highest BCUT2D eigenvalue weighted by molar-refractivity contribution is 7.89. The predicted molar refractivity (Wildman–Crippen MR) is 125 cm³/mol. The van der Waals surface area contributed by atoms with Crippen LogP contribution in [0.2, 0.25) is 0 Å². The van der Waals surface area contributed by atoms with Crippen LogP contribution in [0.1, 0.15) is 15.9 Å². The number of benzene rings is 3. The molecular formula is C24H23N3O5S. The van der Waals surface area contributed by atoms with Crippen molar-refractivity contribution in [3.05, 3.63) is 94.4 Å². The molecule has 1 amide bonds. The molecule has 33 heavy (non-hydrogen) atoms. The zero-order chi connectivity index (χ0) is 23.8. The standard InChI is InChI=1S/C24H23N3O5S/c1-25-20-14-13-18(15-21(20)26(2)24(25)29)33(30,31)27(16-17-9-5-4-6-10-17)23(28)19-11-7-8-12-22(19)32-3/h4-15H,16H2,1-3H3. The summed E-state index contributed by atoms with van der Waals surface area (Å²) in [6.45, 7) is -0.161. The van der Waals surface area contributed by atoms with E-state index >= 15 is 0 Å². The van der Waals surface area contributed by atoms with Gasteiger partial charge >= 0.3 is 5.69 Å². The summed E-state index contributed by atoms with van der Waals surface area (Å²) >= 11 is 0.